The summed E-state index contributed by atoms with van der Waals surface area (Å²) < 4.78 is 37.2. The van der Waals surface area contributed by atoms with Gasteiger partial charge in [-0.25, -0.2) is 9.18 Å². The van der Waals surface area contributed by atoms with Gasteiger partial charge >= 0.3 is 13.2 Å². The zero-order chi connectivity index (χ0) is 24.1. The normalized spacial score (nSPS) is 17.0. The first-order valence-corrected chi connectivity index (χ1v) is 11.0. The molecule has 0 spiro atoms. The molecule has 33 heavy (non-hydrogen) atoms. The Hall–Kier alpha value is -2.84. The molecule has 1 amide bonds. The van der Waals surface area contributed by atoms with Crippen LogP contribution in [-0.4, -0.2) is 37.6 Å². The number of hydrogen-bond acceptors (Lipinski definition) is 5. The fraction of sp³-hybridized carbons (Fsp3) is 0.400. The van der Waals surface area contributed by atoms with Crippen LogP contribution in [-0.2, 0) is 20.7 Å². The number of benzene rings is 2. The molecule has 0 radical (unpaired) electrons. The predicted molar refractivity (Wildman–Crippen MR) is 126 cm³/mol. The quantitative estimate of drug-likeness (QED) is 0.557. The molecule has 2 aromatic carbocycles. The number of halogens is 1. The van der Waals surface area contributed by atoms with Gasteiger partial charge in [-0.2, -0.15) is 0 Å². The van der Waals surface area contributed by atoms with Crippen LogP contribution in [0.25, 0.3) is 6.08 Å². The third kappa shape index (κ3) is 6.59. The highest BCUT2D eigenvalue weighted by molar-refractivity contribution is 6.56. The largest absolute Gasteiger partial charge is 0.494 e. The first kappa shape index (κ1) is 24.8. The fourth-order valence-electron chi connectivity index (χ4n) is 3.28. The van der Waals surface area contributed by atoms with Gasteiger partial charge in [-0.05, 0) is 63.4 Å². The third-order valence-electron chi connectivity index (χ3n) is 5.76. The van der Waals surface area contributed by atoms with E-state index in [-0.39, 0.29) is 13.2 Å². The number of carbonyl (C=O) groups excluding carboxylic acids is 1. The molecule has 0 aliphatic carbocycles. The number of ether oxygens (including phenoxy) is 2. The molecular formula is C25H31BFNO5. The molecule has 3 rings (SSSR count). The minimum atomic E-state index is -0.719. The Balaban J connectivity index is 1.77. The number of rotatable bonds is 8. The molecule has 2 aromatic rings. The van der Waals surface area contributed by atoms with E-state index in [2.05, 4.69) is 5.32 Å². The van der Waals surface area contributed by atoms with Gasteiger partial charge in [0, 0.05) is 12.6 Å². The standard InChI is InChI=1S/C25H31BFNO5/c1-6-30-22-14-19(13-21(27)15-22)12-20(26-32-24(2,3)25(4,5)33-26)16-28-23(29)31-17-18-10-8-7-9-11-18/h7-15H,6,16-17H2,1-5H3,(H,28,29). The molecule has 176 valence electrons. The van der Waals surface area contributed by atoms with Gasteiger partial charge in [-0.15, -0.1) is 0 Å². The van der Waals surface area contributed by atoms with Crippen LogP contribution in [0.2, 0.25) is 0 Å². The fourth-order valence-corrected chi connectivity index (χ4v) is 3.28. The third-order valence-corrected chi connectivity index (χ3v) is 5.76. The molecule has 1 heterocycles. The van der Waals surface area contributed by atoms with E-state index in [1.807, 2.05) is 65.0 Å². The van der Waals surface area contributed by atoms with E-state index in [9.17, 15) is 9.18 Å². The molecule has 0 unspecified atom stereocenters. The summed E-state index contributed by atoms with van der Waals surface area (Å²) in [6.07, 6.45) is 1.17. The summed E-state index contributed by atoms with van der Waals surface area (Å²) >= 11 is 0. The van der Waals surface area contributed by atoms with Crippen molar-refractivity contribution in [2.75, 3.05) is 13.2 Å². The summed E-state index contributed by atoms with van der Waals surface area (Å²) in [6.45, 7) is 10.3. The Kier molecular flexibility index (Phi) is 7.82. The van der Waals surface area contributed by atoms with Gasteiger partial charge in [0.2, 0.25) is 0 Å². The topological polar surface area (TPSA) is 66.0 Å². The number of amides is 1. The van der Waals surface area contributed by atoms with Crippen LogP contribution in [0.4, 0.5) is 9.18 Å². The Morgan fingerprint density at radius 2 is 1.76 bits per heavy atom. The van der Waals surface area contributed by atoms with E-state index in [0.717, 1.165) is 5.56 Å². The van der Waals surface area contributed by atoms with Crippen molar-refractivity contribution in [3.63, 3.8) is 0 Å². The lowest BCUT2D eigenvalue weighted by atomic mass is 9.77. The molecule has 1 N–H and O–H groups in total. The van der Waals surface area contributed by atoms with Crippen LogP contribution in [0.1, 0.15) is 45.7 Å². The van der Waals surface area contributed by atoms with Crippen LogP contribution >= 0.6 is 0 Å². The molecule has 1 fully saturated rings. The minimum absolute atomic E-state index is 0.102. The molecule has 1 aliphatic rings. The van der Waals surface area contributed by atoms with Gasteiger partial charge in [0.15, 0.2) is 0 Å². The lowest BCUT2D eigenvalue weighted by Crippen LogP contribution is -2.41. The van der Waals surface area contributed by atoms with Crippen molar-refractivity contribution in [1.29, 1.82) is 0 Å². The second-order valence-corrected chi connectivity index (χ2v) is 8.88. The lowest BCUT2D eigenvalue weighted by Gasteiger charge is -2.32. The van der Waals surface area contributed by atoms with Crippen molar-refractivity contribution in [2.24, 2.45) is 0 Å². The molecular weight excluding hydrogens is 424 g/mol. The van der Waals surface area contributed by atoms with Gasteiger partial charge in [0.05, 0.1) is 17.8 Å². The predicted octanol–water partition coefficient (Wildman–Crippen LogP) is 5.17. The maximum absolute atomic E-state index is 14.1. The minimum Gasteiger partial charge on any atom is -0.494 e. The number of carbonyl (C=O) groups is 1. The first-order chi connectivity index (χ1) is 15.6. The molecule has 0 atom stereocenters. The summed E-state index contributed by atoms with van der Waals surface area (Å²) in [6, 6.07) is 13.9. The highest BCUT2D eigenvalue weighted by atomic mass is 19.1. The summed E-state index contributed by atoms with van der Waals surface area (Å²) in [7, 11) is -0.719. The van der Waals surface area contributed by atoms with E-state index in [1.165, 1.54) is 12.1 Å². The van der Waals surface area contributed by atoms with Crippen LogP contribution in [0.3, 0.4) is 0 Å². The Labute approximate surface area is 195 Å². The summed E-state index contributed by atoms with van der Waals surface area (Å²) in [5.41, 5.74) is 0.949. The van der Waals surface area contributed by atoms with Crippen LogP contribution in [0.15, 0.2) is 54.0 Å². The van der Waals surface area contributed by atoms with Gasteiger partial charge in [-0.1, -0.05) is 36.4 Å². The van der Waals surface area contributed by atoms with E-state index in [1.54, 1.807) is 12.1 Å². The number of hydrogen-bond donors (Lipinski definition) is 1. The summed E-state index contributed by atoms with van der Waals surface area (Å²) in [5.74, 6) is 0.00273. The Morgan fingerprint density at radius 3 is 2.39 bits per heavy atom. The zero-order valence-electron chi connectivity index (χ0n) is 19.8. The van der Waals surface area contributed by atoms with Gasteiger partial charge in [0.1, 0.15) is 18.2 Å². The maximum atomic E-state index is 14.1. The summed E-state index contributed by atoms with van der Waals surface area (Å²) in [5, 5.41) is 2.74. The van der Waals surface area contributed by atoms with E-state index < -0.39 is 30.2 Å². The smallest absolute Gasteiger partial charge is 0.492 e. The van der Waals surface area contributed by atoms with Crippen molar-refractivity contribution >= 4 is 19.3 Å². The van der Waals surface area contributed by atoms with Gasteiger partial charge in [-0.3, -0.25) is 0 Å². The molecule has 0 bridgehead atoms. The van der Waals surface area contributed by atoms with Crippen LogP contribution in [0.5, 0.6) is 5.75 Å². The highest BCUT2D eigenvalue weighted by Crippen LogP contribution is 2.38. The van der Waals surface area contributed by atoms with Gasteiger partial charge in [0.25, 0.3) is 0 Å². The lowest BCUT2D eigenvalue weighted by molar-refractivity contribution is 0.00578. The average Bonchev–Trinajstić information content (AvgIpc) is 2.97. The second kappa shape index (κ2) is 10.4. The molecule has 6 nitrogen and oxygen atoms in total. The van der Waals surface area contributed by atoms with Crippen molar-refractivity contribution in [1.82, 2.24) is 5.32 Å². The van der Waals surface area contributed by atoms with Gasteiger partial charge < -0.3 is 24.1 Å². The van der Waals surface area contributed by atoms with Crippen LogP contribution < -0.4 is 10.1 Å². The number of alkyl carbamates (subject to hydrolysis) is 1. The van der Waals surface area contributed by atoms with Crippen molar-refractivity contribution in [3.8, 4) is 5.75 Å². The molecule has 8 heteroatoms. The SMILES string of the molecule is CCOc1cc(F)cc(C=C(CNC(=O)OCc2ccccc2)B2OC(C)(C)C(C)(C)O2)c1. The van der Waals surface area contributed by atoms with E-state index in [4.69, 9.17) is 18.8 Å². The molecule has 0 aromatic heterocycles. The monoisotopic (exact) mass is 455 g/mol. The summed E-state index contributed by atoms with van der Waals surface area (Å²) in [4.78, 5) is 12.3. The van der Waals surface area contributed by atoms with E-state index >= 15 is 0 Å². The molecule has 1 aliphatic heterocycles. The first-order valence-electron chi connectivity index (χ1n) is 11.0. The molecule has 1 saturated heterocycles. The van der Waals surface area contributed by atoms with Crippen molar-refractivity contribution < 1.29 is 28.0 Å². The van der Waals surface area contributed by atoms with Crippen LogP contribution in [0, 0.1) is 5.82 Å². The maximum Gasteiger partial charge on any atom is 0.492 e. The zero-order valence-corrected chi connectivity index (χ0v) is 19.8. The Morgan fingerprint density at radius 1 is 1.09 bits per heavy atom. The number of nitrogens with one attached hydrogen (secondary N) is 1. The van der Waals surface area contributed by atoms with Crippen molar-refractivity contribution in [2.45, 2.75) is 52.4 Å². The molecule has 0 saturated carbocycles. The Bertz CT molecular complexity index is 978. The second-order valence-electron chi connectivity index (χ2n) is 8.88. The highest BCUT2D eigenvalue weighted by Gasteiger charge is 2.52. The average molecular weight is 455 g/mol. The van der Waals surface area contributed by atoms with Crippen molar-refractivity contribution in [3.05, 3.63) is 70.9 Å². The van der Waals surface area contributed by atoms with E-state index in [0.29, 0.717) is 23.4 Å².